The van der Waals surface area contributed by atoms with Gasteiger partial charge in [0.1, 0.15) is 11.7 Å². The van der Waals surface area contributed by atoms with Gasteiger partial charge in [-0.2, -0.15) is 4.98 Å². The molecule has 182 valence electrons. The highest BCUT2D eigenvalue weighted by atomic mass is 19.4. The van der Waals surface area contributed by atoms with Crippen LogP contribution < -0.4 is 20.3 Å². The molecule has 2 amide bonds. The fourth-order valence-electron chi connectivity index (χ4n) is 4.07. The molecule has 0 saturated carbocycles. The number of pyridine rings is 1. The van der Waals surface area contributed by atoms with Gasteiger partial charge in [0.2, 0.25) is 17.7 Å². The molecule has 1 saturated heterocycles. The topological polar surface area (TPSA) is 113 Å². The van der Waals surface area contributed by atoms with E-state index in [0.29, 0.717) is 36.2 Å². The van der Waals surface area contributed by atoms with Crippen molar-refractivity contribution >= 4 is 29.3 Å². The summed E-state index contributed by atoms with van der Waals surface area (Å²) in [5.41, 5.74) is 1.35. The van der Waals surface area contributed by atoms with Crippen molar-refractivity contribution in [3.8, 4) is 5.88 Å². The quantitative estimate of drug-likeness (QED) is 0.673. The number of aromatic nitrogens is 3. The number of ether oxygens (including phenoxy) is 1. The maximum Gasteiger partial charge on any atom is 0.574 e. The van der Waals surface area contributed by atoms with Crippen LogP contribution in [-0.4, -0.2) is 70.2 Å². The van der Waals surface area contributed by atoms with E-state index in [1.807, 2.05) is 25.8 Å². The summed E-state index contributed by atoms with van der Waals surface area (Å²) in [6.07, 6.45) is -3.79. The summed E-state index contributed by atoms with van der Waals surface area (Å²) in [5, 5.41) is 6.09. The third kappa shape index (κ3) is 4.68. The van der Waals surface area contributed by atoms with Crippen LogP contribution in [0.25, 0.3) is 0 Å². The Kier molecular flexibility index (Phi) is 5.96. The smallest absolute Gasteiger partial charge is 0.388 e. The molecule has 0 spiro atoms. The second-order valence-corrected chi connectivity index (χ2v) is 8.60. The van der Waals surface area contributed by atoms with Gasteiger partial charge in [0.05, 0.1) is 17.3 Å². The van der Waals surface area contributed by atoms with E-state index in [9.17, 15) is 22.8 Å². The number of rotatable bonds is 5. The predicted molar refractivity (Wildman–Crippen MR) is 117 cm³/mol. The SMILES string of the molecule is Cc1nc(NC2CN(C(=O)c3ccc(OC(F)(F)F)nc3)C2)nc2c1NC(=O)[C@H](C(C)C)N2C. The second-order valence-electron chi connectivity index (χ2n) is 8.60. The Morgan fingerprint density at radius 1 is 1.26 bits per heavy atom. The third-order valence-corrected chi connectivity index (χ3v) is 5.68. The molecule has 0 aromatic carbocycles. The molecule has 0 unspecified atom stereocenters. The highest BCUT2D eigenvalue weighted by Crippen LogP contribution is 2.34. The van der Waals surface area contributed by atoms with Gasteiger partial charge in [0.15, 0.2) is 5.82 Å². The number of hydrogen-bond acceptors (Lipinski definition) is 8. The zero-order valence-corrected chi connectivity index (χ0v) is 19.0. The number of carbonyl (C=O) groups excluding carboxylic acids is 2. The van der Waals surface area contributed by atoms with Gasteiger partial charge >= 0.3 is 6.36 Å². The summed E-state index contributed by atoms with van der Waals surface area (Å²) in [6.45, 7) is 6.43. The summed E-state index contributed by atoms with van der Waals surface area (Å²) < 4.78 is 40.5. The van der Waals surface area contributed by atoms with Crippen LogP contribution in [0.4, 0.5) is 30.6 Å². The average molecular weight is 479 g/mol. The Balaban J connectivity index is 1.39. The van der Waals surface area contributed by atoms with Gasteiger partial charge < -0.3 is 25.2 Å². The minimum Gasteiger partial charge on any atom is -0.388 e. The lowest BCUT2D eigenvalue weighted by Crippen LogP contribution is -2.57. The van der Waals surface area contributed by atoms with E-state index in [0.717, 1.165) is 12.3 Å². The minimum atomic E-state index is -4.85. The zero-order chi connectivity index (χ0) is 24.8. The molecule has 13 heteroatoms. The van der Waals surface area contributed by atoms with Crippen molar-refractivity contribution in [3.63, 3.8) is 0 Å². The average Bonchev–Trinajstić information content (AvgIpc) is 2.70. The molecule has 1 atom stereocenters. The molecule has 2 aromatic heterocycles. The van der Waals surface area contributed by atoms with Gasteiger partial charge in [-0.25, -0.2) is 9.97 Å². The number of amides is 2. The predicted octanol–water partition coefficient (Wildman–Crippen LogP) is 2.43. The van der Waals surface area contributed by atoms with Crippen LogP contribution in [0.5, 0.6) is 5.88 Å². The molecule has 2 N–H and O–H groups in total. The lowest BCUT2D eigenvalue weighted by Gasteiger charge is -2.40. The van der Waals surface area contributed by atoms with Crippen LogP contribution in [0.1, 0.15) is 29.9 Å². The molecule has 2 aliphatic heterocycles. The lowest BCUT2D eigenvalue weighted by atomic mass is 9.99. The Morgan fingerprint density at radius 3 is 2.56 bits per heavy atom. The molecule has 0 radical (unpaired) electrons. The highest BCUT2D eigenvalue weighted by Gasteiger charge is 2.37. The van der Waals surface area contributed by atoms with Crippen molar-refractivity contribution in [2.75, 3.05) is 35.7 Å². The van der Waals surface area contributed by atoms with Gasteiger partial charge in [0.25, 0.3) is 5.91 Å². The summed E-state index contributed by atoms with van der Waals surface area (Å²) in [4.78, 5) is 40.9. The fraction of sp³-hybridized carbons (Fsp3) is 0.476. The number of nitrogens with one attached hydrogen (secondary N) is 2. The van der Waals surface area contributed by atoms with Gasteiger partial charge in [-0.05, 0) is 18.9 Å². The minimum absolute atomic E-state index is 0.0830. The molecular formula is C21H24F3N7O3. The molecule has 0 aliphatic carbocycles. The van der Waals surface area contributed by atoms with E-state index in [1.54, 1.807) is 6.92 Å². The third-order valence-electron chi connectivity index (χ3n) is 5.68. The number of alkyl halides is 3. The number of fused-ring (bicyclic) bond motifs is 1. The Bertz CT molecular complexity index is 1100. The molecular weight excluding hydrogens is 455 g/mol. The van der Waals surface area contributed by atoms with Gasteiger partial charge in [-0.3, -0.25) is 9.59 Å². The molecule has 4 rings (SSSR count). The fourth-order valence-corrected chi connectivity index (χ4v) is 4.07. The highest BCUT2D eigenvalue weighted by molar-refractivity contribution is 6.03. The number of aryl methyl sites for hydroxylation is 1. The van der Waals surface area contributed by atoms with E-state index in [1.165, 1.54) is 11.0 Å². The normalized spacial score (nSPS) is 18.4. The van der Waals surface area contributed by atoms with E-state index >= 15 is 0 Å². The summed E-state index contributed by atoms with van der Waals surface area (Å²) >= 11 is 0. The maximum absolute atomic E-state index is 12.6. The lowest BCUT2D eigenvalue weighted by molar-refractivity contribution is -0.276. The summed E-state index contributed by atoms with van der Waals surface area (Å²) in [6, 6.07) is 1.78. The maximum atomic E-state index is 12.6. The van der Waals surface area contributed by atoms with Crippen LogP contribution in [0.15, 0.2) is 18.3 Å². The molecule has 1 fully saturated rings. The number of anilines is 3. The van der Waals surface area contributed by atoms with E-state index in [2.05, 4.69) is 30.3 Å². The molecule has 0 bridgehead atoms. The van der Waals surface area contributed by atoms with E-state index in [4.69, 9.17) is 0 Å². The van der Waals surface area contributed by atoms with Crippen molar-refractivity contribution in [2.45, 2.75) is 39.2 Å². The summed E-state index contributed by atoms with van der Waals surface area (Å²) in [7, 11) is 1.82. The number of hydrogen-bond donors (Lipinski definition) is 2. The van der Waals surface area contributed by atoms with Gasteiger partial charge in [0, 0.05) is 32.4 Å². The number of nitrogens with zero attached hydrogens (tertiary/aromatic N) is 5. The van der Waals surface area contributed by atoms with Crippen LogP contribution in [0.3, 0.4) is 0 Å². The first kappa shape index (κ1) is 23.5. The largest absolute Gasteiger partial charge is 0.574 e. The number of carbonyl (C=O) groups is 2. The first-order valence-corrected chi connectivity index (χ1v) is 10.6. The van der Waals surface area contributed by atoms with Crippen LogP contribution in [0.2, 0.25) is 0 Å². The van der Waals surface area contributed by atoms with Crippen molar-refractivity contribution in [1.82, 2.24) is 19.9 Å². The molecule has 34 heavy (non-hydrogen) atoms. The van der Waals surface area contributed by atoms with Crippen molar-refractivity contribution in [1.29, 1.82) is 0 Å². The monoisotopic (exact) mass is 479 g/mol. The summed E-state index contributed by atoms with van der Waals surface area (Å²) in [5.74, 6) is 0.00138. The first-order valence-electron chi connectivity index (χ1n) is 10.6. The van der Waals surface area contributed by atoms with Crippen molar-refractivity contribution < 1.29 is 27.5 Å². The van der Waals surface area contributed by atoms with Crippen LogP contribution >= 0.6 is 0 Å². The van der Waals surface area contributed by atoms with Crippen LogP contribution in [0, 0.1) is 12.8 Å². The number of halogens is 3. The Hall–Kier alpha value is -3.64. The Morgan fingerprint density at radius 2 is 1.97 bits per heavy atom. The van der Waals surface area contributed by atoms with Crippen LogP contribution in [-0.2, 0) is 4.79 Å². The molecule has 4 heterocycles. The van der Waals surface area contributed by atoms with E-state index in [-0.39, 0.29) is 35.4 Å². The number of likely N-dealkylation sites (tertiary alicyclic amines) is 1. The van der Waals surface area contributed by atoms with Gasteiger partial charge in [-0.1, -0.05) is 13.8 Å². The van der Waals surface area contributed by atoms with Crippen molar-refractivity contribution in [2.24, 2.45) is 5.92 Å². The first-order chi connectivity index (χ1) is 15.9. The second kappa shape index (κ2) is 8.61. The standard InChI is InChI=1S/C21H24F3N7O3/c1-10(2)16-18(32)28-15-11(3)26-20(29-17(15)30(16)4)27-13-8-31(9-13)19(33)12-5-6-14(25-7-12)34-21(22,23)24/h5-7,10,13,16H,8-9H2,1-4H3,(H,28,32)(H,26,27,29)/t16-/m0/s1. The van der Waals surface area contributed by atoms with Gasteiger partial charge in [-0.15, -0.1) is 13.2 Å². The number of likely N-dealkylation sites (N-methyl/N-ethyl adjacent to an activating group) is 1. The van der Waals surface area contributed by atoms with E-state index < -0.39 is 12.2 Å². The molecule has 2 aromatic rings. The Labute approximate surface area is 193 Å². The molecule has 10 nitrogen and oxygen atoms in total. The zero-order valence-electron chi connectivity index (χ0n) is 19.0. The van der Waals surface area contributed by atoms with Crippen molar-refractivity contribution in [3.05, 3.63) is 29.6 Å². The molecule has 2 aliphatic rings.